The van der Waals surface area contributed by atoms with Crippen molar-refractivity contribution in [3.05, 3.63) is 121 Å². The summed E-state index contributed by atoms with van der Waals surface area (Å²) in [6.45, 7) is 14.4. The van der Waals surface area contributed by atoms with Crippen LogP contribution in [0.15, 0.2) is 121 Å². The highest BCUT2D eigenvalue weighted by Gasteiger charge is 2.64. The minimum absolute atomic E-state index is 0.214. The van der Waals surface area contributed by atoms with E-state index in [1.54, 1.807) is 0 Å². The largest absolute Gasteiger partial charge is 0.400 e. The SMILES string of the molecule is CC(C)(C)[Si](O[C@H]1[C@@H]2[C@H]3OC(O)C[C@H]3ON2C[C@@H]1O[Si](c1ccccc1)(c1ccccc1)C(C)(C)C)(c1ccccc1)c1ccccc1. The van der Waals surface area contributed by atoms with Crippen molar-refractivity contribution in [2.75, 3.05) is 6.54 Å². The first-order valence-electron chi connectivity index (χ1n) is 17.3. The summed E-state index contributed by atoms with van der Waals surface area (Å²) in [6.07, 6.45) is -1.67. The van der Waals surface area contributed by atoms with E-state index in [1.807, 2.05) is 0 Å². The van der Waals surface area contributed by atoms with Gasteiger partial charge in [0.25, 0.3) is 16.6 Å². The van der Waals surface area contributed by atoms with Crippen LogP contribution < -0.4 is 20.7 Å². The van der Waals surface area contributed by atoms with Crippen LogP contribution in [0.5, 0.6) is 0 Å². The molecule has 3 aliphatic heterocycles. The van der Waals surface area contributed by atoms with Crippen LogP contribution in [0, 0.1) is 0 Å². The molecule has 48 heavy (non-hydrogen) atoms. The quantitative estimate of drug-likeness (QED) is 0.265. The van der Waals surface area contributed by atoms with Gasteiger partial charge in [-0.25, -0.2) is 0 Å². The normalized spacial score (nSPS) is 26.4. The van der Waals surface area contributed by atoms with Crippen LogP contribution in [-0.4, -0.2) is 70.1 Å². The lowest BCUT2D eigenvalue weighted by Gasteiger charge is -2.49. The molecule has 0 radical (unpaired) electrons. The molecule has 8 heteroatoms. The zero-order valence-corrected chi connectivity index (χ0v) is 31.0. The van der Waals surface area contributed by atoms with E-state index in [4.69, 9.17) is 18.4 Å². The fraction of sp³-hybridized carbons (Fsp3) is 0.400. The topological polar surface area (TPSA) is 60.4 Å². The van der Waals surface area contributed by atoms with Gasteiger partial charge in [-0.3, -0.25) is 4.84 Å². The third-order valence-electron chi connectivity index (χ3n) is 10.6. The second kappa shape index (κ2) is 12.8. The van der Waals surface area contributed by atoms with Crippen molar-refractivity contribution in [2.24, 2.45) is 0 Å². The summed E-state index contributed by atoms with van der Waals surface area (Å²) < 4.78 is 22.1. The Kier molecular flexibility index (Phi) is 8.92. The Bertz CT molecular complexity index is 1580. The molecule has 0 aliphatic carbocycles. The number of hydrogen-bond donors (Lipinski definition) is 1. The van der Waals surface area contributed by atoms with Gasteiger partial charge in [-0.1, -0.05) is 163 Å². The highest BCUT2D eigenvalue weighted by atomic mass is 28.4. The molecule has 4 aromatic rings. The van der Waals surface area contributed by atoms with E-state index < -0.39 is 29.0 Å². The van der Waals surface area contributed by atoms with Gasteiger partial charge < -0.3 is 18.7 Å². The summed E-state index contributed by atoms with van der Waals surface area (Å²) in [4.78, 5) is 6.58. The van der Waals surface area contributed by atoms with Gasteiger partial charge in [-0.2, -0.15) is 5.06 Å². The zero-order chi connectivity index (χ0) is 33.7. The molecule has 4 aromatic carbocycles. The van der Waals surface area contributed by atoms with E-state index in [0.717, 1.165) is 0 Å². The molecule has 6 atom stereocenters. The number of nitrogens with zero attached hydrogens (tertiary/aromatic N) is 1. The first-order valence-corrected chi connectivity index (χ1v) is 21.1. The number of ether oxygens (including phenoxy) is 1. The van der Waals surface area contributed by atoms with Crippen molar-refractivity contribution in [1.29, 1.82) is 0 Å². The van der Waals surface area contributed by atoms with Crippen LogP contribution in [0.2, 0.25) is 10.1 Å². The molecule has 0 aromatic heterocycles. The van der Waals surface area contributed by atoms with Gasteiger partial charge in [0, 0.05) is 6.42 Å². The lowest BCUT2D eigenvalue weighted by atomic mass is 10.0. The van der Waals surface area contributed by atoms with E-state index >= 15 is 0 Å². The third kappa shape index (κ3) is 5.56. The summed E-state index contributed by atoms with van der Waals surface area (Å²) >= 11 is 0. The lowest BCUT2D eigenvalue weighted by Crippen LogP contribution is -2.71. The van der Waals surface area contributed by atoms with Crippen molar-refractivity contribution >= 4 is 37.4 Å². The summed E-state index contributed by atoms with van der Waals surface area (Å²) in [6, 6.07) is 42.9. The average Bonchev–Trinajstić information content (AvgIpc) is 3.70. The van der Waals surface area contributed by atoms with Gasteiger partial charge in [-0.05, 0) is 30.8 Å². The number of rotatable bonds is 8. The monoisotopic (exact) mass is 679 g/mol. The second-order valence-corrected chi connectivity index (χ2v) is 24.1. The summed E-state index contributed by atoms with van der Waals surface area (Å²) in [5.74, 6) is 0. The van der Waals surface area contributed by atoms with Gasteiger partial charge in [0.15, 0.2) is 6.29 Å². The third-order valence-corrected chi connectivity index (χ3v) is 20.7. The van der Waals surface area contributed by atoms with Crippen LogP contribution in [0.25, 0.3) is 0 Å². The zero-order valence-electron chi connectivity index (χ0n) is 29.0. The molecule has 252 valence electrons. The molecular formula is C40H49NO5Si2. The number of hydroxylamine groups is 2. The Morgan fingerprint density at radius 1 is 0.625 bits per heavy atom. The van der Waals surface area contributed by atoms with E-state index in [9.17, 15) is 5.11 Å². The Morgan fingerprint density at radius 2 is 1.02 bits per heavy atom. The Balaban J connectivity index is 1.42. The number of aliphatic hydroxyl groups excluding tert-OH is 1. The predicted octanol–water partition coefficient (Wildman–Crippen LogP) is 4.98. The standard InChI is InChI=1S/C40H49NO5Si2/c1-39(2,3)47(29-19-11-7-12-20-29,30-21-13-8-14-22-30)45-34-28-41-36(37-33(44-41)27-35(42)43-37)38(34)46-48(40(4,5)6,31-23-15-9-16-24-31)32-25-17-10-18-26-32/h7-26,33-38,42H,27-28H2,1-6H3/t33-,34+,35?,36+,37+,38-/m1/s1. The number of benzene rings is 4. The van der Waals surface area contributed by atoms with Crippen LogP contribution in [0.3, 0.4) is 0 Å². The highest BCUT2D eigenvalue weighted by molar-refractivity contribution is 7.00. The Morgan fingerprint density at radius 3 is 1.42 bits per heavy atom. The molecule has 1 N–H and O–H groups in total. The number of fused-ring (bicyclic) bond motifs is 3. The molecule has 6 nitrogen and oxygen atoms in total. The van der Waals surface area contributed by atoms with Crippen molar-refractivity contribution in [3.8, 4) is 0 Å². The van der Waals surface area contributed by atoms with E-state index in [1.165, 1.54) is 20.7 Å². The highest BCUT2D eigenvalue weighted by Crippen LogP contribution is 2.47. The summed E-state index contributed by atoms with van der Waals surface area (Å²) in [5.41, 5.74) is 0. The maximum Gasteiger partial charge on any atom is 0.261 e. The molecule has 3 heterocycles. The van der Waals surface area contributed by atoms with Gasteiger partial charge in [0.2, 0.25) is 0 Å². The van der Waals surface area contributed by atoms with E-state index in [2.05, 4.69) is 168 Å². The van der Waals surface area contributed by atoms with Gasteiger partial charge in [0.1, 0.15) is 12.2 Å². The second-order valence-electron chi connectivity index (χ2n) is 15.6. The molecule has 1 unspecified atom stereocenters. The first kappa shape index (κ1) is 33.6. The van der Waals surface area contributed by atoms with Gasteiger partial charge in [-0.15, -0.1) is 0 Å². The summed E-state index contributed by atoms with van der Waals surface area (Å²) in [5, 5.41) is 17.1. The average molecular weight is 680 g/mol. The van der Waals surface area contributed by atoms with Gasteiger partial charge in [0.05, 0.1) is 24.8 Å². The van der Waals surface area contributed by atoms with Crippen molar-refractivity contribution in [3.63, 3.8) is 0 Å². The minimum atomic E-state index is -3.02. The Labute approximate surface area is 287 Å². The van der Waals surface area contributed by atoms with E-state index in [-0.39, 0.29) is 34.4 Å². The molecule has 3 fully saturated rings. The maximum atomic E-state index is 10.6. The molecular weight excluding hydrogens is 631 g/mol. The molecule has 0 saturated carbocycles. The predicted molar refractivity (Wildman–Crippen MR) is 196 cm³/mol. The maximum absolute atomic E-state index is 10.6. The first-order chi connectivity index (χ1) is 23.0. The molecule has 3 saturated heterocycles. The summed E-state index contributed by atoms with van der Waals surface area (Å²) in [7, 11) is -5.99. The van der Waals surface area contributed by atoms with E-state index in [0.29, 0.717) is 13.0 Å². The lowest BCUT2D eigenvalue weighted by molar-refractivity contribution is -0.167. The van der Waals surface area contributed by atoms with Crippen LogP contribution in [0.4, 0.5) is 0 Å². The van der Waals surface area contributed by atoms with Crippen molar-refractivity contribution < 1.29 is 23.5 Å². The molecule has 0 amide bonds. The smallest absolute Gasteiger partial charge is 0.261 e. The Hall–Kier alpha value is -2.93. The fourth-order valence-corrected chi connectivity index (χ4v) is 17.9. The molecule has 3 aliphatic rings. The van der Waals surface area contributed by atoms with Gasteiger partial charge >= 0.3 is 0 Å². The van der Waals surface area contributed by atoms with Crippen molar-refractivity contribution in [2.45, 2.75) is 94.8 Å². The number of hydrogen-bond acceptors (Lipinski definition) is 6. The molecule has 7 rings (SSSR count). The molecule has 0 spiro atoms. The minimum Gasteiger partial charge on any atom is -0.400 e. The van der Waals surface area contributed by atoms with Crippen LogP contribution in [-0.2, 0) is 18.4 Å². The fourth-order valence-electron chi connectivity index (χ4n) is 8.55. The van der Waals surface area contributed by atoms with Crippen LogP contribution >= 0.6 is 0 Å². The molecule has 0 bridgehead atoms. The number of aliphatic hydroxyl groups is 1. The van der Waals surface area contributed by atoms with Crippen molar-refractivity contribution in [1.82, 2.24) is 5.06 Å². The van der Waals surface area contributed by atoms with Crippen LogP contribution in [0.1, 0.15) is 48.0 Å².